The van der Waals surface area contributed by atoms with Crippen LogP contribution >= 0.6 is 11.3 Å². The Kier molecular flexibility index (Phi) is 5.79. The van der Waals surface area contributed by atoms with Crippen molar-refractivity contribution in [2.75, 3.05) is 26.7 Å². The molecule has 2 aromatic rings. The van der Waals surface area contributed by atoms with E-state index in [1.165, 1.54) is 17.4 Å². The van der Waals surface area contributed by atoms with Crippen LogP contribution in [0, 0.1) is 5.92 Å². The number of halogens is 3. The molecule has 0 N–H and O–H groups in total. The molecule has 1 aliphatic heterocycles. The van der Waals surface area contributed by atoms with Gasteiger partial charge in [0.05, 0.1) is 16.4 Å². The number of hydrogen-bond donors (Lipinski definition) is 0. The number of hydrogen-bond acceptors (Lipinski definition) is 3. The van der Waals surface area contributed by atoms with Gasteiger partial charge in [0.15, 0.2) is 0 Å². The third-order valence-corrected chi connectivity index (χ3v) is 6.01. The molecule has 2 amide bonds. The zero-order valence-electron chi connectivity index (χ0n) is 15.6. The molecule has 150 valence electrons. The van der Waals surface area contributed by atoms with Crippen LogP contribution in [0.1, 0.15) is 33.6 Å². The van der Waals surface area contributed by atoms with Crippen LogP contribution in [0.3, 0.4) is 0 Å². The van der Waals surface area contributed by atoms with Crippen molar-refractivity contribution < 1.29 is 22.8 Å². The highest BCUT2D eigenvalue weighted by Crippen LogP contribution is 2.37. The predicted octanol–water partition coefficient (Wildman–Crippen LogP) is 4.10. The number of amides is 2. The fraction of sp³-hybridized carbons (Fsp3) is 0.400. The van der Waals surface area contributed by atoms with Crippen molar-refractivity contribution >= 4 is 23.2 Å². The first kappa shape index (κ1) is 20.4. The van der Waals surface area contributed by atoms with Crippen molar-refractivity contribution in [1.82, 2.24) is 9.80 Å². The summed E-state index contributed by atoms with van der Waals surface area (Å²) in [5, 5.41) is 1.79. The summed E-state index contributed by atoms with van der Waals surface area (Å²) in [7, 11) is 1.66. The summed E-state index contributed by atoms with van der Waals surface area (Å²) in [6.45, 7) is 2.73. The van der Waals surface area contributed by atoms with Crippen LogP contribution in [-0.4, -0.2) is 48.3 Å². The van der Waals surface area contributed by atoms with Gasteiger partial charge in [-0.1, -0.05) is 24.3 Å². The highest BCUT2D eigenvalue weighted by Gasteiger charge is 2.42. The van der Waals surface area contributed by atoms with Crippen LogP contribution in [0.25, 0.3) is 0 Å². The highest BCUT2D eigenvalue weighted by molar-refractivity contribution is 7.12. The minimum absolute atomic E-state index is 0.161. The molecule has 0 radical (unpaired) electrons. The monoisotopic (exact) mass is 410 g/mol. The second kappa shape index (κ2) is 7.95. The Morgan fingerprint density at radius 2 is 1.96 bits per heavy atom. The zero-order chi connectivity index (χ0) is 20.5. The van der Waals surface area contributed by atoms with Crippen LogP contribution in [-0.2, 0) is 11.0 Å². The molecule has 1 saturated heterocycles. The molecule has 0 bridgehead atoms. The maximum absolute atomic E-state index is 13.1. The molecule has 1 aromatic heterocycles. The highest BCUT2D eigenvalue weighted by atomic mass is 32.1. The second-order valence-corrected chi connectivity index (χ2v) is 7.82. The van der Waals surface area contributed by atoms with Gasteiger partial charge in [0.25, 0.3) is 5.91 Å². The Morgan fingerprint density at radius 3 is 2.57 bits per heavy atom. The number of benzene rings is 1. The van der Waals surface area contributed by atoms with Gasteiger partial charge in [0.1, 0.15) is 0 Å². The summed E-state index contributed by atoms with van der Waals surface area (Å²) in [6, 6.07) is 8.54. The fourth-order valence-electron chi connectivity index (χ4n) is 3.50. The molecular formula is C20H21F3N2O2S. The van der Waals surface area contributed by atoms with E-state index in [1.807, 2.05) is 6.92 Å². The van der Waals surface area contributed by atoms with E-state index in [2.05, 4.69) is 0 Å². The topological polar surface area (TPSA) is 40.6 Å². The average molecular weight is 410 g/mol. The lowest BCUT2D eigenvalue weighted by Crippen LogP contribution is -2.36. The van der Waals surface area contributed by atoms with E-state index in [-0.39, 0.29) is 24.9 Å². The molecule has 1 aliphatic rings. The van der Waals surface area contributed by atoms with Gasteiger partial charge in [-0.15, -0.1) is 11.3 Å². The first-order valence-corrected chi connectivity index (χ1v) is 9.85. The van der Waals surface area contributed by atoms with Gasteiger partial charge in [-0.05, 0) is 30.0 Å². The van der Waals surface area contributed by atoms with Crippen molar-refractivity contribution in [2.45, 2.75) is 19.0 Å². The number of alkyl halides is 3. The summed E-state index contributed by atoms with van der Waals surface area (Å²) in [5.74, 6) is -1.40. The molecule has 0 aliphatic carbocycles. The van der Waals surface area contributed by atoms with Crippen molar-refractivity contribution in [1.29, 1.82) is 0 Å². The van der Waals surface area contributed by atoms with Gasteiger partial charge < -0.3 is 9.80 Å². The summed E-state index contributed by atoms with van der Waals surface area (Å²) in [4.78, 5) is 29.3. The maximum atomic E-state index is 13.1. The first-order valence-electron chi connectivity index (χ1n) is 8.97. The molecule has 0 unspecified atom stereocenters. The summed E-state index contributed by atoms with van der Waals surface area (Å²) >= 11 is 1.31. The quantitative estimate of drug-likeness (QED) is 0.762. The Bertz CT molecular complexity index is 851. The minimum Gasteiger partial charge on any atom is -0.346 e. The average Bonchev–Trinajstić information content (AvgIpc) is 3.35. The Hall–Kier alpha value is -2.35. The Morgan fingerprint density at radius 1 is 1.21 bits per heavy atom. The molecule has 28 heavy (non-hydrogen) atoms. The molecule has 0 spiro atoms. The zero-order valence-corrected chi connectivity index (χ0v) is 16.4. The van der Waals surface area contributed by atoms with Gasteiger partial charge >= 0.3 is 6.18 Å². The van der Waals surface area contributed by atoms with E-state index in [1.54, 1.807) is 40.4 Å². The predicted molar refractivity (Wildman–Crippen MR) is 101 cm³/mol. The van der Waals surface area contributed by atoms with Crippen LogP contribution in [0.2, 0.25) is 0 Å². The first-order chi connectivity index (χ1) is 13.2. The Balaban J connectivity index is 1.94. The lowest BCUT2D eigenvalue weighted by atomic mass is 9.87. The summed E-state index contributed by atoms with van der Waals surface area (Å²) in [6.07, 6.45) is -4.46. The minimum atomic E-state index is -4.46. The van der Waals surface area contributed by atoms with Crippen LogP contribution in [0.5, 0.6) is 0 Å². The number of carbonyl (C=O) groups is 2. The van der Waals surface area contributed by atoms with Gasteiger partial charge in [-0.25, -0.2) is 0 Å². The second-order valence-electron chi connectivity index (χ2n) is 6.88. The number of nitrogens with zero attached hydrogens (tertiary/aromatic N) is 2. The molecular weight excluding hydrogens is 389 g/mol. The van der Waals surface area contributed by atoms with Crippen molar-refractivity contribution in [2.24, 2.45) is 5.92 Å². The third-order valence-electron chi connectivity index (χ3n) is 5.15. The smallest absolute Gasteiger partial charge is 0.346 e. The lowest BCUT2D eigenvalue weighted by molar-refractivity contribution is -0.137. The molecule has 8 heteroatoms. The van der Waals surface area contributed by atoms with Crippen LogP contribution in [0.4, 0.5) is 13.2 Å². The maximum Gasteiger partial charge on any atom is 0.416 e. The molecule has 0 saturated carbocycles. The van der Waals surface area contributed by atoms with Crippen LogP contribution < -0.4 is 0 Å². The van der Waals surface area contributed by atoms with Crippen molar-refractivity contribution in [3.63, 3.8) is 0 Å². The van der Waals surface area contributed by atoms with Crippen molar-refractivity contribution in [3.05, 3.63) is 57.8 Å². The molecule has 4 nitrogen and oxygen atoms in total. The lowest BCUT2D eigenvalue weighted by Gasteiger charge is -2.23. The van der Waals surface area contributed by atoms with E-state index >= 15 is 0 Å². The molecule has 3 rings (SSSR count). The van der Waals surface area contributed by atoms with E-state index in [4.69, 9.17) is 0 Å². The number of carbonyl (C=O) groups excluding carboxylic acids is 2. The number of likely N-dealkylation sites (tertiary alicyclic amines) is 1. The molecule has 2 atom stereocenters. The molecule has 1 aromatic carbocycles. The molecule has 1 fully saturated rings. The fourth-order valence-corrected chi connectivity index (χ4v) is 4.19. The standard InChI is InChI=1S/C20H21F3N2O2S/c1-3-24(2)18(26)16-12-25(19(27)17-8-5-9-28-17)11-15(16)13-6-4-7-14(10-13)20(21,22)23/h4-10,15-16H,3,11-12H2,1-2H3/t15-,16+/m1/s1. The normalized spacial score (nSPS) is 19.7. The largest absolute Gasteiger partial charge is 0.416 e. The van der Waals surface area contributed by atoms with E-state index in [9.17, 15) is 22.8 Å². The van der Waals surface area contributed by atoms with Gasteiger partial charge in [-0.2, -0.15) is 13.2 Å². The number of thiophene rings is 1. The van der Waals surface area contributed by atoms with E-state index in [0.29, 0.717) is 17.0 Å². The number of rotatable bonds is 4. The summed E-state index contributed by atoms with van der Waals surface area (Å²) < 4.78 is 39.4. The van der Waals surface area contributed by atoms with Crippen molar-refractivity contribution in [3.8, 4) is 0 Å². The van der Waals surface area contributed by atoms with Gasteiger partial charge in [-0.3, -0.25) is 9.59 Å². The van der Waals surface area contributed by atoms with Crippen LogP contribution in [0.15, 0.2) is 41.8 Å². The van der Waals surface area contributed by atoms with E-state index < -0.39 is 23.6 Å². The molecule has 2 heterocycles. The SMILES string of the molecule is CCN(C)C(=O)[C@H]1CN(C(=O)c2cccs2)C[C@@H]1c1cccc(C(F)(F)F)c1. The van der Waals surface area contributed by atoms with Gasteiger partial charge in [0, 0.05) is 32.6 Å². The van der Waals surface area contributed by atoms with Gasteiger partial charge in [0.2, 0.25) is 5.91 Å². The van der Waals surface area contributed by atoms with E-state index in [0.717, 1.165) is 12.1 Å². The summed E-state index contributed by atoms with van der Waals surface area (Å²) in [5.41, 5.74) is -0.317. The third kappa shape index (κ3) is 4.06. The Labute approximate surface area is 165 Å².